The first kappa shape index (κ1) is 37.0. The molecular weight excluding hydrogens is 720 g/mol. The molecule has 2 heterocycles. The van der Waals surface area contributed by atoms with Gasteiger partial charge >= 0.3 is 0 Å². The number of hydrogen-bond acceptors (Lipinski definition) is 2. The van der Waals surface area contributed by atoms with E-state index in [1.54, 1.807) is 0 Å². The van der Waals surface area contributed by atoms with Gasteiger partial charge in [0, 0.05) is 51.5 Å². The molecule has 0 bridgehead atoms. The summed E-state index contributed by atoms with van der Waals surface area (Å²) in [5.74, 6) is 2.23. The van der Waals surface area contributed by atoms with Gasteiger partial charge in [-0.3, -0.25) is 0 Å². The van der Waals surface area contributed by atoms with Crippen molar-refractivity contribution in [1.82, 2.24) is 0 Å². The van der Waals surface area contributed by atoms with Crippen molar-refractivity contribution in [3.8, 4) is 22.3 Å². The highest BCUT2D eigenvalue weighted by Crippen LogP contribution is 2.42. The van der Waals surface area contributed by atoms with E-state index in [1.807, 2.05) is 0 Å². The average molecular weight is 777 g/mol. The minimum absolute atomic E-state index is 0.941. The molecule has 0 amide bonds. The lowest BCUT2D eigenvalue weighted by molar-refractivity contribution is 0.513. The van der Waals surface area contributed by atoms with E-state index >= 15 is 0 Å². The van der Waals surface area contributed by atoms with Crippen molar-refractivity contribution in [1.29, 1.82) is 0 Å². The van der Waals surface area contributed by atoms with E-state index in [0.29, 0.717) is 0 Å². The Morgan fingerprint density at radius 3 is 1.06 bits per heavy atom. The lowest BCUT2D eigenvalue weighted by atomic mass is 9.95. The van der Waals surface area contributed by atoms with Gasteiger partial charge in [0.15, 0.2) is 0 Å². The zero-order chi connectivity index (χ0) is 33.2. The highest BCUT2D eigenvalue weighted by atomic mass is 79.9. The fraction of sp³-hybridized carbons (Fsp3) is 0.500. The molecule has 48 heavy (non-hydrogen) atoms. The number of benzene rings is 3. The summed E-state index contributed by atoms with van der Waals surface area (Å²) in [7, 11) is 0. The molecule has 0 atom stereocenters. The molecule has 0 fully saturated rings. The van der Waals surface area contributed by atoms with E-state index < -0.39 is 0 Å². The zero-order valence-corrected chi connectivity index (χ0v) is 32.2. The van der Waals surface area contributed by atoms with Crippen molar-refractivity contribution in [3.63, 3.8) is 0 Å². The maximum absolute atomic E-state index is 6.70. The molecule has 4 heteroatoms. The second kappa shape index (κ2) is 21.0. The van der Waals surface area contributed by atoms with E-state index in [2.05, 4.69) is 105 Å². The minimum atomic E-state index is 0.941. The Morgan fingerprint density at radius 1 is 0.375 bits per heavy atom. The Labute approximate surface area is 306 Å². The molecule has 5 aromatic rings. The standard InChI is InChI=1S/C44H56Br2O2/c45-31-23-13-9-5-1-3-7-11-21-29-39-43(35-25-17-15-18-26-35)37-33-38-42(34-41(37)47-39)48-40(44(38)36-27-19-16-20-28-36)30-22-12-8-4-2-6-10-14-24-32-46/h15-20,25-28,33-34H,1-14,21-24,29-32H2. The van der Waals surface area contributed by atoms with Gasteiger partial charge < -0.3 is 8.83 Å². The Hall–Kier alpha value is -2.30. The van der Waals surface area contributed by atoms with Crippen molar-refractivity contribution >= 4 is 53.8 Å². The Kier molecular flexibility index (Phi) is 16.2. The van der Waals surface area contributed by atoms with Crippen LogP contribution in [0.4, 0.5) is 0 Å². The summed E-state index contributed by atoms with van der Waals surface area (Å²) < 4.78 is 13.4. The van der Waals surface area contributed by atoms with E-state index in [0.717, 1.165) is 59.0 Å². The van der Waals surface area contributed by atoms with Crippen LogP contribution >= 0.6 is 31.9 Å². The number of fused-ring (bicyclic) bond motifs is 2. The normalized spacial score (nSPS) is 11.7. The Bertz CT molecular complexity index is 1480. The quantitative estimate of drug-likeness (QED) is 0.0461. The summed E-state index contributed by atoms with van der Waals surface area (Å²) in [5, 5.41) is 4.68. The first-order chi connectivity index (χ1) is 23.8. The number of aryl methyl sites for hydroxylation is 2. The smallest absolute Gasteiger partial charge is 0.138 e. The van der Waals surface area contributed by atoms with E-state index in [-0.39, 0.29) is 0 Å². The predicted octanol–water partition coefficient (Wildman–Crippen LogP) is 15.4. The summed E-state index contributed by atoms with van der Waals surface area (Å²) in [6.45, 7) is 0. The van der Waals surface area contributed by atoms with E-state index in [9.17, 15) is 0 Å². The lowest BCUT2D eigenvalue weighted by Crippen LogP contribution is -1.89. The number of hydrogen-bond donors (Lipinski definition) is 0. The number of unbranched alkanes of at least 4 members (excludes halogenated alkanes) is 16. The van der Waals surface area contributed by atoms with Crippen LogP contribution in [0.5, 0.6) is 0 Å². The van der Waals surface area contributed by atoms with E-state index in [1.165, 1.54) is 136 Å². The molecule has 3 aromatic carbocycles. The molecule has 2 aromatic heterocycles. The van der Waals surface area contributed by atoms with E-state index in [4.69, 9.17) is 8.83 Å². The molecule has 0 aliphatic rings. The van der Waals surface area contributed by atoms with Gasteiger partial charge in [0.1, 0.15) is 22.7 Å². The van der Waals surface area contributed by atoms with Crippen LogP contribution in [-0.2, 0) is 12.8 Å². The summed E-state index contributed by atoms with van der Waals surface area (Å²) in [6, 6.07) is 26.2. The van der Waals surface area contributed by atoms with Crippen molar-refractivity contribution < 1.29 is 8.83 Å². The molecule has 0 aliphatic heterocycles. The van der Waals surface area contributed by atoms with Gasteiger partial charge in [-0.2, -0.15) is 0 Å². The van der Waals surface area contributed by atoms with Gasteiger partial charge in [0.2, 0.25) is 0 Å². The van der Waals surface area contributed by atoms with Crippen molar-refractivity contribution in [2.75, 3.05) is 10.7 Å². The molecule has 0 unspecified atom stereocenters. The molecular formula is C44H56Br2O2. The summed E-state index contributed by atoms with van der Waals surface area (Å²) in [5.41, 5.74) is 6.87. The number of halogens is 2. The second-order valence-electron chi connectivity index (χ2n) is 13.6. The molecule has 0 N–H and O–H groups in total. The topological polar surface area (TPSA) is 26.3 Å². The van der Waals surface area contributed by atoms with Crippen LogP contribution in [0.15, 0.2) is 81.6 Å². The van der Waals surface area contributed by atoms with Crippen molar-refractivity contribution in [2.45, 2.75) is 128 Å². The highest BCUT2D eigenvalue weighted by molar-refractivity contribution is 9.09. The maximum Gasteiger partial charge on any atom is 0.138 e. The third-order valence-corrected chi connectivity index (χ3v) is 11.0. The van der Waals surface area contributed by atoms with Crippen LogP contribution in [0.2, 0.25) is 0 Å². The van der Waals surface area contributed by atoms with Crippen LogP contribution in [0.3, 0.4) is 0 Å². The van der Waals surface area contributed by atoms with Crippen LogP contribution in [0.25, 0.3) is 44.2 Å². The van der Waals surface area contributed by atoms with Gasteiger partial charge in [-0.25, -0.2) is 0 Å². The molecule has 2 nitrogen and oxygen atoms in total. The predicted molar refractivity (Wildman–Crippen MR) is 215 cm³/mol. The first-order valence-corrected chi connectivity index (χ1v) is 21.3. The minimum Gasteiger partial charge on any atom is -0.460 e. The molecule has 0 saturated carbocycles. The number of furan rings is 2. The van der Waals surface area contributed by atoms with Gasteiger partial charge in [-0.15, -0.1) is 0 Å². The third-order valence-electron chi connectivity index (χ3n) is 9.84. The van der Waals surface area contributed by atoms with Crippen molar-refractivity contribution in [3.05, 3.63) is 84.3 Å². The van der Waals surface area contributed by atoms with Gasteiger partial charge in [-0.1, -0.05) is 182 Å². The number of alkyl halides is 2. The molecule has 0 saturated heterocycles. The molecule has 5 rings (SSSR count). The molecule has 258 valence electrons. The Morgan fingerprint density at radius 2 is 0.708 bits per heavy atom. The SMILES string of the molecule is BrCCCCCCCCCCCc1oc2cc3oc(CCCCCCCCCCCBr)c(-c4ccccc4)c3cc2c1-c1ccccc1. The van der Waals surface area contributed by atoms with Crippen LogP contribution < -0.4 is 0 Å². The monoisotopic (exact) mass is 774 g/mol. The van der Waals surface area contributed by atoms with Crippen LogP contribution in [0.1, 0.15) is 127 Å². The van der Waals surface area contributed by atoms with Gasteiger partial charge in [0.25, 0.3) is 0 Å². The summed E-state index contributed by atoms with van der Waals surface area (Å²) >= 11 is 7.09. The Balaban J connectivity index is 1.30. The third kappa shape index (κ3) is 10.8. The van der Waals surface area contributed by atoms with Crippen LogP contribution in [-0.4, -0.2) is 10.7 Å². The fourth-order valence-electron chi connectivity index (χ4n) is 7.22. The van der Waals surface area contributed by atoms with Crippen LogP contribution in [0, 0.1) is 0 Å². The lowest BCUT2D eigenvalue weighted by Gasteiger charge is -2.06. The summed E-state index contributed by atoms with van der Waals surface area (Å²) in [6.07, 6.45) is 25.7. The number of rotatable bonds is 24. The van der Waals surface area contributed by atoms with Gasteiger partial charge in [-0.05, 0) is 42.9 Å². The maximum atomic E-state index is 6.70. The largest absolute Gasteiger partial charge is 0.460 e. The molecule has 0 spiro atoms. The van der Waals surface area contributed by atoms with Crippen molar-refractivity contribution in [2.24, 2.45) is 0 Å². The van der Waals surface area contributed by atoms with Gasteiger partial charge in [0.05, 0.1) is 0 Å². The molecule has 0 radical (unpaired) electrons. The molecule has 0 aliphatic carbocycles. The first-order valence-electron chi connectivity index (χ1n) is 19.0. The fourth-order valence-corrected chi connectivity index (χ4v) is 8.01. The zero-order valence-electron chi connectivity index (χ0n) is 29.1. The second-order valence-corrected chi connectivity index (χ2v) is 15.2. The average Bonchev–Trinajstić information content (AvgIpc) is 3.66. The summed E-state index contributed by atoms with van der Waals surface area (Å²) in [4.78, 5) is 0. The highest BCUT2D eigenvalue weighted by Gasteiger charge is 2.21.